The lowest BCUT2D eigenvalue weighted by atomic mass is 9.93. The minimum absolute atomic E-state index is 0.290. The molecule has 0 aliphatic carbocycles. The Morgan fingerprint density at radius 1 is 1.36 bits per heavy atom. The third-order valence-corrected chi connectivity index (χ3v) is 2.00. The summed E-state index contributed by atoms with van der Waals surface area (Å²) in [5, 5.41) is 0.471. The Balaban J connectivity index is 2.39. The summed E-state index contributed by atoms with van der Waals surface area (Å²) in [6.45, 7) is 7.22. The molecule has 0 radical (unpaired) electrons. The molecular weight excluding hydrogens is 198 g/mol. The van der Waals surface area contributed by atoms with Crippen LogP contribution in [0.25, 0.3) is 0 Å². The Bertz CT molecular complexity index is 294. The molecule has 0 aliphatic heterocycles. The lowest BCUT2D eigenvalue weighted by molar-refractivity contribution is 0.236. The molecule has 0 saturated heterocycles. The first-order valence-corrected chi connectivity index (χ1v) is 5.10. The summed E-state index contributed by atoms with van der Waals surface area (Å²) in [5.74, 6) is 0.599. The van der Waals surface area contributed by atoms with E-state index < -0.39 is 0 Å². The van der Waals surface area contributed by atoms with Crippen LogP contribution in [0.5, 0.6) is 5.88 Å². The summed E-state index contributed by atoms with van der Waals surface area (Å²) in [5.41, 5.74) is 0.290. The van der Waals surface area contributed by atoms with E-state index in [-0.39, 0.29) is 0 Å². The van der Waals surface area contributed by atoms with Gasteiger partial charge < -0.3 is 4.74 Å². The molecule has 3 heteroatoms. The summed E-state index contributed by atoms with van der Waals surface area (Å²) in [4.78, 5) is 4.04. The van der Waals surface area contributed by atoms with Gasteiger partial charge in [-0.1, -0.05) is 38.4 Å². The van der Waals surface area contributed by atoms with Gasteiger partial charge in [-0.15, -0.1) is 0 Å². The lowest BCUT2D eigenvalue weighted by Gasteiger charge is -2.17. The van der Waals surface area contributed by atoms with Gasteiger partial charge in [-0.05, 0) is 17.9 Å². The third kappa shape index (κ3) is 4.47. The van der Waals surface area contributed by atoms with Crippen molar-refractivity contribution in [2.45, 2.75) is 27.2 Å². The van der Waals surface area contributed by atoms with Crippen LogP contribution in [-0.2, 0) is 0 Å². The maximum Gasteiger partial charge on any atom is 0.214 e. The van der Waals surface area contributed by atoms with Crippen LogP contribution in [0.2, 0.25) is 5.15 Å². The largest absolute Gasteiger partial charge is 0.478 e. The van der Waals surface area contributed by atoms with Crippen LogP contribution >= 0.6 is 11.6 Å². The fraction of sp³-hybridized carbons (Fsp3) is 0.545. The van der Waals surface area contributed by atoms with Crippen molar-refractivity contribution in [3.05, 3.63) is 23.4 Å². The van der Waals surface area contributed by atoms with E-state index in [1.165, 1.54) is 0 Å². The molecule has 2 nitrogen and oxygen atoms in total. The number of pyridine rings is 1. The number of ether oxygens (including phenoxy) is 1. The first kappa shape index (κ1) is 11.3. The molecule has 0 saturated carbocycles. The van der Waals surface area contributed by atoms with Crippen LogP contribution < -0.4 is 4.74 Å². The lowest BCUT2D eigenvalue weighted by Crippen LogP contribution is -2.11. The molecule has 0 fully saturated rings. The standard InChI is InChI=1S/C11H16ClNO/c1-11(2,3)7-8-14-10-6-4-5-9(12)13-10/h4-6H,7-8H2,1-3H3. The monoisotopic (exact) mass is 213 g/mol. The van der Waals surface area contributed by atoms with E-state index in [9.17, 15) is 0 Å². The minimum Gasteiger partial charge on any atom is -0.478 e. The summed E-state index contributed by atoms with van der Waals surface area (Å²) in [7, 11) is 0. The molecular formula is C11H16ClNO. The van der Waals surface area contributed by atoms with Crippen LogP contribution in [0.4, 0.5) is 0 Å². The molecule has 0 spiro atoms. The summed E-state index contributed by atoms with van der Waals surface area (Å²) in [6.07, 6.45) is 1.00. The molecule has 14 heavy (non-hydrogen) atoms. The quantitative estimate of drug-likeness (QED) is 0.717. The fourth-order valence-electron chi connectivity index (χ4n) is 0.932. The molecule has 0 unspecified atom stereocenters. The van der Waals surface area contributed by atoms with Crippen molar-refractivity contribution < 1.29 is 4.74 Å². The average Bonchev–Trinajstić information content (AvgIpc) is 2.01. The fourth-order valence-corrected chi connectivity index (χ4v) is 1.09. The highest BCUT2D eigenvalue weighted by Crippen LogP contribution is 2.19. The molecule has 1 heterocycles. The number of rotatable bonds is 3. The van der Waals surface area contributed by atoms with E-state index in [0.717, 1.165) is 6.42 Å². The van der Waals surface area contributed by atoms with E-state index in [2.05, 4.69) is 25.8 Å². The summed E-state index contributed by atoms with van der Waals surface area (Å²) < 4.78 is 5.47. The highest BCUT2D eigenvalue weighted by Gasteiger charge is 2.09. The second kappa shape index (κ2) is 4.65. The van der Waals surface area contributed by atoms with Crippen molar-refractivity contribution >= 4 is 11.6 Å². The van der Waals surface area contributed by atoms with Crippen LogP contribution in [0.15, 0.2) is 18.2 Å². The van der Waals surface area contributed by atoms with Gasteiger partial charge in [-0.25, -0.2) is 4.98 Å². The van der Waals surface area contributed by atoms with Gasteiger partial charge in [0.1, 0.15) is 5.15 Å². The van der Waals surface area contributed by atoms with Crippen molar-refractivity contribution in [2.24, 2.45) is 5.41 Å². The first-order valence-electron chi connectivity index (χ1n) is 4.73. The average molecular weight is 214 g/mol. The number of hydrogen-bond acceptors (Lipinski definition) is 2. The van der Waals surface area contributed by atoms with Gasteiger partial charge in [0.15, 0.2) is 0 Å². The maximum absolute atomic E-state index is 5.72. The number of nitrogens with zero attached hydrogens (tertiary/aromatic N) is 1. The zero-order valence-electron chi connectivity index (χ0n) is 8.88. The Kier molecular flexibility index (Phi) is 3.76. The van der Waals surface area contributed by atoms with Crippen LogP contribution in [0, 0.1) is 5.41 Å². The Labute approximate surface area is 90.3 Å². The minimum atomic E-state index is 0.290. The second-order valence-corrected chi connectivity index (χ2v) is 4.84. The molecule has 1 aromatic rings. The van der Waals surface area contributed by atoms with Crippen LogP contribution in [-0.4, -0.2) is 11.6 Å². The zero-order valence-corrected chi connectivity index (χ0v) is 9.64. The van der Waals surface area contributed by atoms with Gasteiger partial charge in [0.2, 0.25) is 5.88 Å². The molecule has 0 aromatic carbocycles. The topological polar surface area (TPSA) is 22.1 Å². The van der Waals surface area contributed by atoms with Crippen molar-refractivity contribution in [1.29, 1.82) is 0 Å². The van der Waals surface area contributed by atoms with Crippen molar-refractivity contribution in [3.63, 3.8) is 0 Å². The van der Waals surface area contributed by atoms with Crippen molar-refractivity contribution in [1.82, 2.24) is 4.98 Å². The number of halogens is 1. The van der Waals surface area contributed by atoms with Gasteiger partial charge in [0.25, 0.3) is 0 Å². The molecule has 0 amide bonds. The molecule has 0 atom stereocenters. The molecule has 1 rings (SSSR count). The zero-order chi connectivity index (χ0) is 10.6. The van der Waals surface area contributed by atoms with Gasteiger partial charge in [-0.2, -0.15) is 0 Å². The maximum atomic E-state index is 5.72. The highest BCUT2D eigenvalue weighted by molar-refractivity contribution is 6.29. The van der Waals surface area contributed by atoms with Crippen LogP contribution in [0.1, 0.15) is 27.2 Å². The smallest absolute Gasteiger partial charge is 0.214 e. The number of hydrogen-bond donors (Lipinski definition) is 0. The van der Waals surface area contributed by atoms with Crippen LogP contribution in [0.3, 0.4) is 0 Å². The van der Waals surface area contributed by atoms with Gasteiger partial charge in [0.05, 0.1) is 6.61 Å². The van der Waals surface area contributed by atoms with E-state index in [0.29, 0.717) is 23.1 Å². The van der Waals surface area contributed by atoms with Gasteiger partial charge in [-0.3, -0.25) is 0 Å². The summed E-state index contributed by atoms with van der Waals surface area (Å²) >= 11 is 5.72. The van der Waals surface area contributed by atoms with Gasteiger partial charge >= 0.3 is 0 Å². The molecule has 1 aromatic heterocycles. The Morgan fingerprint density at radius 2 is 2.07 bits per heavy atom. The van der Waals surface area contributed by atoms with Crippen molar-refractivity contribution in [3.8, 4) is 5.88 Å². The van der Waals surface area contributed by atoms with E-state index >= 15 is 0 Å². The van der Waals surface area contributed by atoms with Crippen molar-refractivity contribution in [2.75, 3.05) is 6.61 Å². The Hall–Kier alpha value is -0.760. The third-order valence-electron chi connectivity index (χ3n) is 1.79. The Morgan fingerprint density at radius 3 is 2.64 bits per heavy atom. The predicted octanol–water partition coefficient (Wildman–Crippen LogP) is 3.55. The molecule has 78 valence electrons. The SMILES string of the molecule is CC(C)(C)CCOc1cccc(Cl)n1. The predicted molar refractivity (Wildman–Crippen MR) is 58.8 cm³/mol. The summed E-state index contributed by atoms with van der Waals surface area (Å²) in [6, 6.07) is 5.38. The highest BCUT2D eigenvalue weighted by atomic mass is 35.5. The molecule has 0 aliphatic rings. The van der Waals surface area contributed by atoms with E-state index in [1.54, 1.807) is 6.07 Å². The molecule has 0 bridgehead atoms. The van der Waals surface area contributed by atoms with E-state index in [1.807, 2.05) is 12.1 Å². The molecule has 0 N–H and O–H groups in total. The normalized spacial score (nSPS) is 11.4. The first-order chi connectivity index (χ1) is 6.47. The van der Waals surface area contributed by atoms with E-state index in [4.69, 9.17) is 16.3 Å². The van der Waals surface area contributed by atoms with Gasteiger partial charge in [0, 0.05) is 6.07 Å². The second-order valence-electron chi connectivity index (χ2n) is 4.46. The number of aromatic nitrogens is 1.